The van der Waals surface area contributed by atoms with Gasteiger partial charge >= 0.3 is 0 Å². The number of hydrogen-bond acceptors (Lipinski definition) is 1. The van der Waals surface area contributed by atoms with Gasteiger partial charge in [-0.05, 0) is 11.4 Å². The van der Waals surface area contributed by atoms with Gasteiger partial charge in [0.15, 0.2) is 0 Å². The summed E-state index contributed by atoms with van der Waals surface area (Å²) in [6.07, 6.45) is 0.667. The van der Waals surface area contributed by atoms with E-state index in [1.54, 1.807) is 0 Å². The summed E-state index contributed by atoms with van der Waals surface area (Å²) in [4.78, 5) is 11.3. The van der Waals surface area contributed by atoms with Crippen molar-refractivity contribution in [2.45, 2.75) is 25.7 Å². The molecule has 0 unspecified atom stereocenters. The summed E-state index contributed by atoms with van der Waals surface area (Å²) in [7, 11) is 5.57. The fourth-order valence-corrected chi connectivity index (χ4v) is 1.10. The summed E-state index contributed by atoms with van der Waals surface area (Å²) >= 11 is 0. The molecule has 0 saturated heterocycles. The van der Waals surface area contributed by atoms with Crippen LogP contribution in [-0.4, -0.2) is 13.8 Å². The third-order valence-electron chi connectivity index (χ3n) is 2.09. The van der Waals surface area contributed by atoms with Crippen molar-refractivity contribution >= 4 is 13.8 Å². The normalized spacial score (nSPS) is 12.1. The number of carbonyl (C=O) groups excluding carboxylic acids is 1. The number of benzene rings is 1. The molecule has 1 amide bonds. The highest BCUT2D eigenvalue weighted by atomic mass is 16.1. The quantitative estimate of drug-likeness (QED) is 0.713. The highest BCUT2D eigenvalue weighted by molar-refractivity contribution is 6.23. The van der Waals surface area contributed by atoms with Gasteiger partial charge in [-0.1, -0.05) is 43.7 Å². The molecule has 0 aliphatic heterocycles. The van der Waals surface area contributed by atoms with Gasteiger partial charge in [-0.3, -0.25) is 4.79 Å². The standard InChI is InChI=1S/C11H14BNO/c1-2-10(12)11(14)13-8-9-6-4-3-5-7-9/h3-7,10H,2,8H2,1H3,(H,13,14)/t10-/m1/s1. The van der Waals surface area contributed by atoms with E-state index in [0.717, 1.165) is 5.56 Å². The van der Waals surface area contributed by atoms with Crippen LogP contribution in [0.5, 0.6) is 0 Å². The van der Waals surface area contributed by atoms with Crippen LogP contribution < -0.4 is 5.32 Å². The molecule has 1 aromatic carbocycles. The van der Waals surface area contributed by atoms with Crippen LogP contribution in [0.15, 0.2) is 30.3 Å². The highest BCUT2D eigenvalue weighted by Crippen LogP contribution is 2.04. The van der Waals surface area contributed by atoms with Crippen LogP contribution in [0.25, 0.3) is 0 Å². The Kier molecular flexibility index (Phi) is 4.24. The summed E-state index contributed by atoms with van der Waals surface area (Å²) in [6, 6.07) is 9.78. The summed E-state index contributed by atoms with van der Waals surface area (Å²) in [5.74, 6) is -0.477. The fraction of sp³-hybridized carbons (Fsp3) is 0.364. The molecule has 14 heavy (non-hydrogen) atoms. The lowest BCUT2D eigenvalue weighted by atomic mass is 9.84. The van der Waals surface area contributed by atoms with Gasteiger partial charge in [-0.2, -0.15) is 0 Å². The zero-order chi connectivity index (χ0) is 10.4. The second-order valence-electron chi connectivity index (χ2n) is 3.22. The molecule has 0 bridgehead atoms. The molecule has 2 radical (unpaired) electrons. The van der Waals surface area contributed by atoms with Crippen molar-refractivity contribution in [2.24, 2.45) is 0 Å². The van der Waals surface area contributed by atoms with Crippen LogP contribution in [-0.2, 0) is 11.3 Å². The molecule has 1 rings (SSSR count). The van der Waals surface area contributed by atoms with E-state index in [4.69, 9.17) is 7.85 Å². The Morgan fingerprint density at radius 2 is 2.07 bits per heavy atom. The number of amides is 1. The van der Waals surface area contributed by atoms with Crippen molar-refractivity contribution in [3.63, 3.8) is 0 Å². The van der Waals surface area contributed by atoms with Crippen molar-refractivity contribution in [1.29, 1.82) is 0 Å². The maximum atomic E-state index is 11.3. The van der Waals surface area contributed by atoms with Crippen LogP contribution >= 0.6 is 0 Å². The molecule has 0 saturated carbocycles. The second-order valence-corrected chi connectivity index (χ2v) is 3.22. The lowest BCUT2D eigenvalue weighted by Crippen LogP contribution is -2.26. The van der Waals surface area contributed by atoms with Crippen LogP contribution in [0.4, 0.5) is 0 Å². The molecular formula is C11H14BNO. The molecule has 1 N–H and O–H groups in total. The lowest BCUT2D eigenvalue weighted by Gasteiger charge is -2.09. The molecule has 0 fully saturated rings. The van der Waals surface area contributed by atoms with E-state index in [1.807, 2.05) is 37.3 Å². The predicted molar refractivity (Wildman–Crippen MR) is 58.1 cm³/mol. The topological polar surface area (TPSA) is 29.1 Å². The number of hydrogen-bond donors (Lipinski definition) is 1. The van der Waals surface area contributed by atoms with Crippen molar-refractivity contribution in [1.82, 2.24) is 5.32 Å². The summed E-state index contributed by atoms with van der Waals surface area (Å²) in [5.41, 5.74) is 1.09. The van der Waals surface area contributed by atoms with Crippen molar-refractivity contribution in [3.8, 4) is 0 Å². The van der Waals surface area contributed by atoms with Crippen LogP contribution in [0.3, 0.4) is 0 Å². The predicted octanol–water partition coefficient (Wildman–Crippen LogP) is 1.67. The molecule has 3 heteroatoms. The zero-order valence-electron chi connectivity index (χ0n) is 8.36. The number of nitrogens with one attached hydrogen (secondary N) is 1. The van der Waals surface area contributed by atoms with E-state index in [1.165, 1.54) is 0 Å². The SMILES string of the molecule is [B][C@H](CC)C(=O)NCc1ccccc1. The maximum absolute atomic E-state index is 11.3. The summed E-state index contributed by atoms with van der Waals surface area (Å²) in [5, 5.41) is 2.79. The third-order valence-corrected chi connectivity index (χ3v) is 2.09. The van der Waals surface area contributed by atoms with Gasteiger partial charge in [-0.25, -0.2) is 0 Å². The van der Waals surface area contributed by atoms with Gasteiger partial charge in [0.1, 0.15) is 0 Å². The molecule has 0 aliphatic carbocycles. The molecule has 72 valence electrons. The lowest BCUT2D eigenvalue weighted by molar-refractivity contribution is -0.121. The Hall–Kier alpha value is -1.25. The van der Waals surface area contributed by atoms with Crippen LogP contribution in [0.1, 0.15) is 18.9 Å². The van der Waals surface area contributed by atoms with Crippen molar-refractivity contribution in [2.75, 3.05) is 0 Å². The van der Waals surface area contributed by atoms with Crippen LogP contribution in [0.2, 0.25) is 5.82 Å². The molecule has 0 spiro atoms. The first-order valence-electron chi connectivity index (χ1n) is 4.81. The summed E-state index contributed by atoms with van der Waals surface area (Å²) < 4.78 is 0. The van der Waals surface area contributed by atoms with E-state index in [0.29, 0.717) is 13.0 Å². The largest absolute Gasteiger partial charge is 0.352 e. The first kappa shape index (κ1) is 10.8. The van der Waals surface area contributed by atoms with Crippen molar-refractivity contribution in [3.05, 3.63) is 35.9 Å². The van der Waals surface area contributed by atoms with E-state index >= 15 is 0 Å². The Labute approximate surface area is 86.1 Å². The maximum Gasteiger partial charge on any atom is 0.214 e. The Balaban J connectivity index is 2.38. The minimum absolute atomic E-state index is 0.0867. The van der Waals surface area contributed by atoms with Gasteiger partial charge in [0.25, 0.3) is 0 Å². The molecule has 2 nitrogen and oxygen atoms in total. The van der Waals surface area contributed by atoms with E-state index < -0.39 is 5.82 Å². The van der Waals surface area contributed by atoms with Gasteiger partial charge in [0.05, 0.1) is 7.85 Å². The van der Waals surface area contributed by atoms with Gasteiger partial charge in [-0.15, -0.1) is 0 Å². The van der Waals surface area contributed by atoms with Crippen molar-refractivity contribution < 1.29 is 4.79 Å². The molecule has 0 heterocycles. The first-order valence-corrected chi connectivity index (χ1v) is 4.81. The fourth-order valence-electron chi connectivity index (χ4n) is 1.10. The van der Waals surface area contributed by atoms with Gasteiger partial charge in [0, 0.05) is 6.54 Å². The molecule has 0 aromatic heterocycles. The van der Waals surface area contributed by atoms with E-state index in [-0.39, 0.29) is 5.91 Å². The highest BCUT2D eigenvalue weighted by Gasteiger charge is 2.08. The van der Waals surface area contributed by atoms with Crippen LogP contribution in [0, 0.1) is 0 Å². The van der Waals surface area contributed by atoms with Gasteiger partial charge in [0.2, 0.25) is 5.91 Å². The Morgan fingerprint density at radius 1 is 1.43 bits per heavy atom. The molecule has 1 aromatic rings. The van der Waals surface area contributed by atoms with Gasteiger partial charge < -0.3 is 5.32 Å². The number of rotatable bonds is 4. The smallest absolute Gasteiger partial charge is 0.214 e. The van der Waals surface area contributed by atoms with E-state index in [9.17, 15) is 4.79 Å². The average molecular weight is 187 g/mol. The second kappa shape index (κ2) is 5.48. The Bertz CT molecular complexity index is 287. The summed E-state index contributed by atoms with van der Waals surface area (Å²) in [6.45, 7) is 2.44. The van der Waals surface area contributed by atoms with E-state index in [2.05, 4.69) is 5.32 Å². The zero-order valence-corrected chi connectivity index (χ0v) is 8.36. The molecule has 0 aliphatic rings. The molecule has 1 atom stereocenters. The Morgan fingerprint density at radius 3 is 2.64 bits per heavy atom. The minimum atomic E-state index is -0.390. The number of carbonyl (C=O) groups is 1. The minimum Gasteiger partial charge on any atom is -0.352 e. The first-order chi connectivity index (χ1) is 6.74. The third kappa shape index (κ3) is 3.25. The monoisotopic (exact) mass is 187 g/mol. The average Bonchev–Trinajstić information content (AvgIpc) is 2.26. The molecular weight excluding hydrogens is 173 g/mol.